The minimum absolute atomic E-state index is 0.00451. The number of carbonyl (C=O) groups excluding carboxylic acids is 3. The van der Waals surface area contributed by atoms with Gasteiger partial charge in [-0.2, -0.15) is 0 Å². The van der Waals surface area contributed by atoms with Gasteiger partial charge in [0, 0.05) is 25.4 Å². The first kappa shape index (κ1) is 21.9. The molecule has 7 heteroatoms. The predicted octanol–water partition coefficient (Wildman–Crippen LogP) is -0.641. The molecule has 2 rings (SSSR count). The molecule has 7 nitrogen and oxygen atoms in total. The molecule has 1 saturated heterocycles. The quantitative estimate of drug-likeness (QED) is 0.615. The van der Waals surface area contributed by atoms with Crippen LogP contribution in [0.5, 0.6) is 0 Å². The molecule has 4 N–H and O–H groups in total. The van der Waals surface area contributed by atoms with Crippen LogP contribution in [0.1, 0.15) is 38.7 Å². The van der Waals surface area contributed by atoms with Gasteiger partial charge in [-0.25, -0.2) is 0 Å². The maximum absolute atomic E-state index is 12.6. The molecule has 154 valence electrons. The van der Waals surface area contributed by atoms with Gasteiger partial charge in [0.05, 0.1) is 12.0 Å². The van der Waals surface area contributed by atoms with E-state index < -0.39 is 12.0 Å². The average molecular weight is 389 g/mol. The summed E-state index contributed by atoms with van der Waals surface area (Å²) in [7, 11) is 0. The number of hydrogen-bond donors (Lipinski definition) is 2. The molecular formula is C21H31N3O4. The van der Waals surface area contributed by atoms with Gasteiger partial charge in [-0.1, -0.05) is 44.2 Å². The molecule has 0 aliphatic carbocycles. The number of carboxylic acid groups (broad SMARTS) is 1. The Morgan fingerprint density at radius 2 is 1.79 bits per heavy atom. The Bertz CT molecular complexity index is 669. The van der Waals surface area contributed by atoms with Crippen molar-refractivity contribution in [1.82, 2.24) is 10.2 Å². The van der Waals surface area contributed by atoms with Crippen molar-refractivity contribution in [3.8, 4) is 0 Å². The lowest BCUT2D eigenvalue weighted by Gasteiger charge is -2.33. The second-order valence-corrected chi connectivity index (χ2v) is 8.00. The molecule has 0 unspecified atom stereocenters. The van der Waals surface area contributed by atoms with Crippen LogP contribution in [0.4, 0.5) is 0 Å². The van der Waals surface area contributed by atoms with Crippen molar-refractivity contribution in [2.75, 3.05) is 13.1 Å². The van der Waals surface area contributed by atoms with Gasteiger partial charge in [0.1, 0.15) is 0 Å². The number of quaternary nitrogens is 1. The molecule has 0 spiro atoms. The number of aliphatic carboxylic acids is 1. The minimum Gasteiger partial charge on any atom is -0.548 e. The minimum atomic E-state index is -1.25. The van der Waals surface area contributed by atoms with Crippen LogP contribution in [0.3, 0.4) is 0 Å². The predicted molar refractivity (Wildman–Crippen MR) is 103 cm³/mol. The van der Waals surface area contributed by atoms with Gasteiger partial charge in [0.2, 0.25) is 5.91 Å². The van der Waals surface area contributed by atoms with Gasteiger partial charge < -0.3 is 25.9 Å². The molecule has 2 amide bonds. The van der Waals surface area contributed by atoms with Gasteiger partial charge in [0.15, 0.2) is 6.04 Å². The van der Waals surface area contributed by atoms with E-state index in [1.165, 1.54) is 0 Å². The number of benzene rings is 1. The van der Waals surface area contributed by atoms with Crippen LogP contribution in [0.2, 0.25) is 0 Å². The second-order valence-electron chi connectivity index (χ2n) is 8.00. The van der Waals surface area contributed by atoms with Crippen LogP contribution in [0, 0.1) is 11.8 Å². The van der Waals surface area contributed by atoms with Gasteiger partial charge in [-0.05, 0) is 30.7 Å². The molecule has 0 radical (unpaired) electrons. The van der Waals surface area contributed by atoms with Crippen molar-refractivity contribution in [3.63, 3.8) is 0 Å². The summed E-state index contributed by atoms with van der Waals surface area (Å²) in [5, 5.41) is 13.8. The van der Waals surface area contributed by atoms with E-state index in [4.69, 9.17) is 0 Å². The lowest BCUT2D eigenvalue weighted by Crippen LogP contribution is -2.69. The fourth-order valence-electron chi connectivity index (χ4n) is 3.58. The Hall–Kier alpha value is -2.41. The van der Waals surface area contributed by atoms with Crippen LogP contribution in [-0.4, -0.2) is 47.9 Å². The molecule has 0 bridgehead atoms. The Labute approximate surface area is 166 Å². The van der Waals surface area contributed by atoms with Crippen LogP contribution in [-0.2, 0) is 20.8 Å². The highest BCUT2D eigenvalue weighted by atomic mass is 16.4. The molecule has 1 heterocycles. The molecule has 1 aromatic carbocycles. The third-order valence-electron chi connectivity index (χ3n) is 5.16. The van der Waals surface area contributed by atoms with Crippen molar-refractivity contribution >= 4 is 17.8 Å². The number of piperidine rings is 1. The number of nitrogens with zero attached hydrogens (tertiary/aromatic N) is 1. The summed E-state index contributed by atoms with van der Waals surface area (Å²) in [6.07, 6.45) is 1.98. The van der Waals surface area contributed by atoms with E-state index in [1.807, 2.05) is 44.2 Å². The van der Waals surface area contributed by atoms with Crippen molar-refractivity contribution in [1.29, 1.82) is 0 Å². The van der Waals surface area contributed by atoms with E-state index in [-0.39, 0.29) is 29.7 Å². The first-order chi connectivity index (χ1) is 13.3. The number of rotatable bonds is 8. The summed E-state index contributed by atoms with van der Waals surface area (Å²) in [6.45, 7) is 4.77. The molecule has 0 saturated carbocycles. The van der Waals surface area contributed by atoms with Gasteiger partial charge in [-0.15, -0.1) is 0 Å². The highest BCUT2D eigenvalue weighted by Gasteiger charge is 2.31. The Morgan fingerprint density at radius 3 is 2.32 bits per heavy atom. The lowest BCUT2D eigenvalue weighted by atomic mass is 9.94. The number of carbonyl (C=O) groups is 3. The standard InChI is InChI=1S/C21H31N3O4/c1-14(2)12-18(21(27)28)23-19(25)16-8-10-24(11-9-16)20(26)17(22)13-15-6-4-3-5-7-15/h3-7,14,16-18H,8-13,22H2,1-2H3,(H,23,25)(H,27,28)/t17-,18+/m0/s1. The third kappa shape index (κ3) is 6.34. The van der Waals surface area contributed by atoms with Gasteiger partial charge in [0.25, 0.3) is 5.91 Å². The summed E-state index contributed by atoms with van der Waals surface area (Å²) in [5.74, 6) is -1.67. The summed E-state index contributed by atoms with van der Waals surface area (Å²) in [5.41, 5.74) is 5.08. The van der Waals surface area contributed by atoms with Crippen molar-refractivity contribution in [2.45, 2.75) is 51.6 Å². The van der Waals surface area contributed by atoms with Crippen molar-refractivity contribution < 1.29 is 25.2 Å². The van der Waals surface area contributed by atoms with Gasteiger partial charge >= 0.3 is 0 Å². The smallest absolute Gasteiger partial charge is 0.281 e. The molecule has 1 aromatic rings. The van der Waals surface area contributed by atoms with E-state index in [0.717, 1.165) is 5.56 Å². The monoisotopic (exact) mass is 389 g/mol. The molecule has 1 fully saturated rings. The zero-order valence-electron chi connectivity index (χ0n) is 16.7. The Kier molecular flexibility index (Phi) is 7.99. The van der Waals surface area contributed by atoms with E-state index in [0.29, 0.717) is 38.8 Å². The fourth-order valence-corrected chi connectivity index (χ4v) is 3.58. The maximum atomic E-state index is 12.6. The molecular weight excluding hydrogens is 358 g/mol. The summed E-state index contributed by atoms with van der Waals surface area (Å²) < 4.78 is 0. The van der Waals surface area contributed by atoms with Crippen LogP contribution >= 0.6 is 0 Å². The second kappa shape index (κ2) is 10.2. The van der Waals surface area contributed by atoms with E-state index in [1.54, 1.807) is 4.90 Å². The first-order valence-electron chi connectivity index (χ1n) is 9.95. The summed E-state index contributed by atoms with van der Waals surface area (Å²) in [6, 6.07) is 8.44. The van der Waals surface area contributed by atoms with Crippen LogP contribution < -0.4 is 16.2 Å². The van der Waals surface area contributed by atoms with Crippen molar-refractivity contribution in [2.24, 2.45) is 11.8 Å². The number of likely N-dealkylation sites (tertiary alicyclic amines) is 1. The van der Waals surface area contributed by atoms with E-state index >= 15 is 0 Å². The zero-order chi connectivity index (χ0) is 20.7. The average Bonchev–Trinajstić information content (AvgIpc) is 2.67. The number of carboxylic acids is 1. The first-order valence-corrected chi connectivity index (χ1v) is 9.95. The summed E-state index contributed by atoms with van der Waals surface area (Å²) in [4.78, 5) is 38.1. The highest BCUT2D eigenvalue weighted by Crippen LogP contribution is 2.19. The largest absolute Gasteiger partial charge is 0.548 e. The van der Waals surface area contributed by atoms with Crippen molar-refractivity contribution in [3.05, 3.63) is 35.9 Å². The zero-order valence-corrected chi connectivity index (χ0v) is 16.7. The Balaban J connectivity index is 1.83. The summed E-state index contributed by atoms with van der Waals surface area (Å²) >= 11 is 0. The van der Waals surface area contributed by atoms with Gasteiger partial charge in [-0.3, -0.25) is 9.59 Å². The SMILES string of the molecule is CC(C)C[C@@H](NC(=O)C1CCN(C(=O)[C@@H]([NH3+])Cc2ccccc2)CC1)C(=O)[O-]. The molecule has 0 aromatic heterocycles. The van der Waals surface area contributed by atoms with E-state index in [2.05, 4.69) is 11.1 Å². The number of amides is 2. The normalized spacial score (nSPS) is 17.2. The maximum Gasteiger partial charge on any atom is 0.281 e. The molecule has 28 heavy (non-hydrogen) atoms. The third-order valence-corrected chi connectivity index (χ3v) is 5.16. The topological polar surface area (TPSA) is 117 Å². The highest BCUT2D eigenvalue weighted by molar-refractivity contribution is 5.85. The number of nitrogens with one attached hydrogen (secondary N) is 1. The number of hydrogen-bond acceptors (Lipinski definition) is 4. The Morgan fingerprint density at radius 1 is 1.18 bits per heavy atom. The fraction of sp³-hybridized carbons (Fsp3) is 0.571. The molecule has 1 aliphatic rings. The molecule has 1 aliphatic heterocycles. The van der Waals surface area contributed by atoms with Crippen LogP contribution in [0.15, 0.2) is 30.3 Å². The lowest BCUT2D eigenvalue weighted by molar-refractivity contribution is -0.405. The molecule has 2 atom stereocenters. The van der Waals surface area contributed by atoms with E-state index in [9.17, 15) is 19.5 Å². The van der Waals surface area contributed by atoms with Crippen LogP contribution in [0.25, 0.3) is 0 Å².